The summed E-state index contributed by atoms with van der Waals surface area (Å²) < 4.78 is 88.8. The van der Waals surface area contributed by atoms with Crippen LogP contribution in [0.4, 0.5) is 26.3 Å². The number of carbonyl (C=O) groups is 1. The zero-order valence-electron chi connectivity index (χ0n) is 13.6. The van der Waals surface area contributed by atoms with E-state index in [1.54, 1.807) is 6.07 Å². The van der Waals surface area contributed by atoms with E-state index in [1.807, 2.05) is 0 Å². The summed E-state index contributed by atoms with van der Waals surface area (Å²) in [5.74, 6) is -1.20. The summed E-state index contributed by atoms with van der Waals surface area (Å²) in [6.45, 7) is -2.27. The van der Waals surface area contributed by atoms with Crippen LogP contribution in [0.5, 0.6) is 5.75 Å². The van der Waals surface area contributed by atoms with Crippen molar-refractivity contribution in [3.8, 4) is 5.75 Å². The maximum absolute atomic E-state index is 12.4. The van der Waals surface area contributed by atoms with Crippen molar-refractivity contribution in [2.45, 2.75) is 44.3 Å². The van der Waals surface area contributed by atoms with Crippen LogP contribution >= 0.6 is 0 Å². The molecule has 1 aromatic carbocycles. The maximum atomic E-state index is 12.4. The number of benzene rings is 1. The molecule has 0 bridgehead atoms. The number of hydrogen-bond donors (Lipinski definition) is 0. The molecule has 0 aromatic heterocycles. The maximum Gasteiger partial charge on any atom is 0.411 e. The van der Waals surface area contributed by atoms with Gasteiger partial charge in [0.1, 0.15) is 19.0 Å². The molecule has 1 atom stereocenters. The first-order valence-corrected chi connectivity index (χ1v) is 7.63. The van der Waals surface area contributed by atoms with Crippen molar-refractivity contribution in [3.63, 3.8) is 0 Å². The largest absolute Gasteiger partial charge is 0.426 e. The molecule has 1 aromatic rings. The summed E-state index contributed by atoms with van der Waals surface area (Å²) >= 11 is 0. The van der Waals surface area contributed by atoms with Gasteiger partial charge in [-0.15, -0.1) is 0 Å². The Bertz CT molecular complexity index is 623. The SMILES string of the molecule is CC(=O)Oc1cccc2c1CC[C@H]2C(OCC(F)(F)F)OCC(F)(F)F. The molecule has 0 amide bonds. The number of halogens is 6. The van der Waals surface area contributed by atoms with E-state index < -0.39 is 43.7 Å². The van der Waals surface area contributed by atoms with Crippen LogP contribution in [-0.2, 0) is 20.7 Å². The number of fused-ring (bicyclic) bond motifs is 1. The molecule has 2 rings (SSSR count). The highest BCUT2D eigenvalue weighted by molar-refractivity contribution is 5.70. The molecule has 1 aliphatic rings. The molecule has 0 N–H and O–H groups in total. The number of carbonyl (C=O) groups excluding carboxylic acids is 1. The summed E-state index contributed by atoms with van der Waals surface area (Å²) in [5.41, 5.74) is 0.988. The molecule has 0 spiro atoms. The molecule has 1 aliphatic carbocycles. The highest BCUT2D eigenvalue weighted by Crippen LogP contribution is 2.42. The fraction of sp³-hybridized carbons (Fsp3) is 0.562. The second-order valence-corrected chi connectivity index (χ2v) is 5.78. The second-order valence-electron chi connectivity index (χ2n) is 5.78. The molecule has 26 heavy (non-hydrogen) atoms. The van der Waals surface area contributed by atoms with Gasteiger partial charge in [-0.1, -0.05) is 12.1 Å². The highest BCUT2D eigenvalue weighted by Gasteiger charge is 2.39. The predicted molar refractivity (Wildman–Crippen MR) is 76.6 cm³/mol. The molecule has 0 fully saturated rings. The average Bonchev–Trinajstić information content (AvgIpc) is 2.90. The molecule has 0 saturated heterocycles. The minimum atomic E-state index is -4.71. The smallest absolute Gasteiger partial charge is 0.411 e. The quantitative estimate of drug-likeness (QED) is 0.319. The monoisotopic (exact) mass is 386 g/mol. The van der Waals surface area contributed by atoms with Gasteiger partial charge in [-0.3, -0.25) is 4.79 Å². The number of ether oxygens (including phenoxy) is 3. The third-order valence-corrected chi connectivity index (χ3v) is 3.68. The van der Waals surface area contributed by atoms with Gasteiger partial charge in [-0.2, -0.15) is 26.3 Å². The topological polar surface area (TPSA) is 44.8 Å². The first kappa shape index (κ1) is 20.5. The molecular weight excluding hydrogens is 370 g/mol. The number of esters is 1. The molecule has 0 radical (unpaired) electrons. The van der Waals surface area contributed by atoms with Gasteiger partial charge in [-0.05, 0) is 30.0 Å². The summed E-state index contributed by atoms with van der Waals surface area (Å²) in [6.07, 6.45) is -10.6. The Hall–Kier alpha value is -1.81. The lowest BCUT2D eigenvalue weighted by molar-refractivity contribution is -0.264. The van der Waals surface area contributed by atoms with Crippen LogP contribution < -0.4 is 4.74 Å². The van der Waals surface area contributed by atoms with Crippen molar-refractivity contribution in [3.05, 3.63) is 29.3 Å². The minimum Gasteiger partial charge on any atom is -0.426 e. The van der Waals surface area contributed by atoms with Gasteiger partial charge in [0, 0.05) is 12.8 Å². The van der Waals surface area contributed by atoms with Crippen LogP contribution in [0, 0.1) is 0 Å². The van der Waals surface area contributed by atoms with E-state index in [9.17, 15) is 31.1 Å². The Morgan fingerprint density at radius 2 is 1.69 bits per heavy atom. The number of hydrogen-bond acceptors (Lipinski definition) is 4. The number of rotatable bonds is 6. The Balaban J connectivity index is 2.22. The van der Waals surface area contributed by atoms with Gasteiger partial charge < -0.3 is 14.2 Å². The summed E-state index contributed by atoms with van der Waals surface area (Å²) in [4.78, 5) is 11.1. The summed E-state index contributed by atoms with van der Waals surface area (Å²) in [7, 11) is 0. The third-order valence-electron chi connectivity index (χ3n) is 3.68. The Labute approximate surface area is 145 Å². The van der Waals surface area contributed by atoms with Gasteiger partial charge in [0.25, 0.3) is 0 Å². The van der Waals surface area contributed by atoms with Crippen LogP contribution in [0.15, 0.2) is 18.2 Å². The van der Waals surface area contributed by atoms with Crippen LogP contribution in [0.2, 0.25) is 0 Å². The van der Waals surface area contributed by atoms with Crippen molar-refractivity contribution in [2.24, 2.45) is 0 Å². The second kappa shape index (κ2) is 7.83. The lowest BCUT2D eigenvalue weighted by Crippen LogP contribution is -2.33. The van der Waals surface area contributed by atoms with Crippen molar-refractivity contribution in [1.82, 2.24) is 0 Å². The molecule has 0 unspecified atom stereocenters. The van der Waals surface area contributed by atoms with E-state index in [1.165, 1.54) is 19.1 Å². The van der Waals surface area contributed by atoms with Crippen LogP contribution in [0.25, 0.3) is 0 Å². The van der Waals surface area contributed by atoms with Crippen molar-refractivity contribution in [1.29, 1.82) is 0 Å². The molecule has 146 valence electrons. The Morgan fingerprint density at radius 3 is 2.19 bits per heavy atom. The van der Waals surface area contributed by atoms with E-state index in [0.717, 1.165) is 0 Å². The molecule has 0 heterocycles. The van der Waals surface area contributed by atoms with Gasteiger partial charge in [-0.25, -0.2) is 0 Å². The number of alkyl halides is 6. The minimum absolute atomic E-state index is 0.202. The van der Waals surface area contributed by atoms with Crippen LogP contribution in [-0.4, -0.2) is 37.8 Å². The standard InChI is InChI=1S/C16H16F6O4/c1-9(23)26-13-4-2-3-10-11(13)5-6-12(10)14(24-7-15(17,18)19)25-8-16(20,21)22/h2-4,12,14H,5-8H2,1H3/t12-/m1/s1. The van der Waals surface area contributed by atoms with Crippen molar-refractivity contribution in [2.75, 3.05) is 13.2 Å². The first-order valence-electron chi connectivity index (χ1n) is 7.63. The van der Waals surface area contributed by atoms with Gasteiger partial charge >= 0.3 is 18.3 Å². The zero-order valence-corrected chi connectivity index (χ0v) is 13.6. The lowest BCUT2D eigenvalue weighted by atomic mass is 10.0. The molecule has 0 aliphatic heterocycles. The molecule has 4 nitrogen and oxygen atoms in total. The average molecular weight is 386 g/mol. The predicted octanol–water partition coefficient (Wildman–Crippen LogP) is 4.13. The third kappa shape index (κ3) is 5.87. The fourth-order valence-electron chi connectivity index (χ4n) is 2.82. The summed E-state index contributed by atoms with van der Waals surface area (Å²) in [5, 5.41) is 0. The van der Waals surface area contributed by atoms with Crippen LogP contribution in [0.1, 0.15) is 30.4 Å². The lowest BCUT2D eigenvalue weighted by Gasteiger charge is -2.26. The van der Waals surface area contributed by atoms with Crippen molar-refractivity contribution >= 4 is 5.97 Å². The Kier molecular flexibility index (Phi) is 6.17. The summed E-state index contributed by atoms with van der Waals surface area (Å²) in [6, 6.07) is 4.55. The molecule has 0 saturated carbocycles. The van der Waals surface area contributed by atoms with E-state index in [4.69, 9.17) is 4.74 Å². The van der Waals surface area contributed by atoms with E-state index in [0.29, 0.717) is 17.5 Å². The molecule has 10 heteroatoms. The van der Waals surface area contributed by atoms with Gasteiger partial charge in [0.2, 0.25) is 0 Å². The van der Waals surface area contributed by atoms with E-state index in [-0.39, 0.29) is 12.2 Å². The normalized spacial score (nSPS) is 17.5. The van der Waals surface area contributed by atoms with Crippen molar-refractivity contribution < 1.29 is 45.3 Å². The Morgan fingerprint density at radius 1 is 1.12 bits per heavy atom. The highest BCUT2D eigenvalue weighted by atomic mass is 19.4. The van der Waals surface area contributed by atoms with Gasteiger partial charge in [0.15, 0.2) is 6.29 Å². The van der Waals surface area contributed by atoms with Gasteiger partial charge in [0.05, 0.1) is 0 Å². The molecular formula is C16H16F6O4. The zero-order chi connectivity index (χ0) is 19.5. The fourth-order valence-corrected chi connectivity index (χ4v) is 2.82. The van der Waals surface area contributed by atoms with Crippen LogP contribution in [0.3, 0.4) is 0 Å². The first-order chi connectivity index (χ1) is 12.0. The van der Waals surface area contributed by atoms with E-state index >= 15 is 0 Å². The van der Waals surface area contributed by atoms with E-state index in [2.05, 4.69) is 9.47 Å².